The topological polar surface area (TPSA) is 101 Å². The SMILES string of the molecule is Cc1ccc2nc(N3CC(C(=O)NCc4cccnc4N)CC3=O)sc2c1. The maximum atomic E-state index is 12.5. The van der Waals surface area contributed by atoms with Gasteiger partial charge < -0.3 is 11.1 Å². The highest BCUT2D eigenvalue weighted by molar-refractivity contribution is 7.22. The second-order valence-electron chi connectivity index (χ2n) is 6.64. The van der Waals surface area contributed by atoms with E-state index in [1.54, 1.807) is 17.2 Å². The Morgan fingerprint density at radius 1 is 1.41 bits per heavy atom. The number of anilines is 2. The van der Waals surface area contributed by atoms with Crippen molar-refractivity contribution in [2.24, 2.45) is 5.92 Å². The van der Waals surface area contributed by atoms with Gasteiger partial charge in [-0.25, -0.2) is 9.97 Å². The number of benzene rings is 1. The standard InChI is InChI=1S/C19H19N5O2S/c1-11-4-5-14-15(7-11)27-19(23-14)24-10-13(8-16(24)25)18(26)22-9-12-3-2-6-21-17(12)20/h2-7,13H,8-10H2,1H3,(H2,20,21)(H,22,26). The van der Waals surface area contributed by atoms with Crippen LogP contribution in [0.5, 0.6) is 0 Å². The summed E-state index contributed by atoms with van der Waals surface area (Å²) in [4.78, 5) is 35.1. The number of pyridine rings is 1. The fraction of sp³-hybridized carbons (Fsp3) is 0.263. The number of nitrogen functional groups attached to an aromatic ring is 1. The van der Waals surface area contributed by atoms with Gasteiger partial charge in [-0.05, 0) is 30.7 Å². The van der Waals surface area contributed by atoms with Crippen molar-refractivity contribution in [3.8, 4) is 0 Å². The smallest absolute Gasteiger partial charge is 0.229 e. The Balaban J connectivity index is 1.45. The summed E-state index contributed by atoms with van der Waals surface area (Å²) in [6, 6.07) is 9.59. The largest absolute Gasteiger partial charge is 0.383 e. The lowest BCUT2D eigenvalue weighted by Crippen LogP contribution is -2.32. The summed E-state index contributed by atoms with van der Waals surface area (Å²) in [6.45, 7) is 2.66. The third kappa shape index (κ3) is 3.48. The number of amides is 2. The van der Waals surface area contributed by atoms with Gasteiger partial charge in [-0.2, -0.15) is 0 Å². The first-order valence-electron chi connectivity index (χ1n) is 8.66. The number of nitrogens with two attached hydrogens (primary N) is 1. The molecule has 4 rings (SSSR count). The zero-order valence-electron chi connectivity index (χ0n) is 14.8. The summed E-state index contributed by atoms with van der Waals surface area (Å²) >= 11 is 1.48. The molecule has 3 N–H and O–H groups in total. The zero-order valence-corrected chi connectivity index (χ0v) is 15.6. The van der Waals surface area contributed by atoms with Crippen LogP contribution in [0, 0.1) is 12.8 Å². The molecule has 7 nitrogen and oxygen atoms in total. The molecule has 8 heteroatoms. The number of hydrogen-bond acceptors (Lipinski definition) is 6. The van der Waals surface area contributed by atoms with Crippen LogP contribution >= 0.6 is 11.3 Å². The summed E-state index contributed by atoms with van der Waals surface area (Å²) < 4.78 is 1.04. The van der Waals surface area contributed by atoms with E-state index in [1.165, 1.54) is 11.3 Å². The average Bonchev–Trinajstić information content (AvgIpc) is 3.23. The maximum Gasteiger partial charge on any atom is 0.229 e. The molecule has 0 saturated carbocycles. The maximum absolute atomic E-state index is 12.5. The summed E-state index contributed by atoms with van der Waals surface area (Å²) in [7, 11) is 0. The van der Waals surface area contributed by atoms with Crippen LogP contribution in [0.25, 0.3) is 10.2 Å². The number of aromatic nitrogens is 2. The molecule has 2 amide bonds. The Morgan fingerprint density at radius 3 is 3.07 bits per heavy atom. The lowest BCUT2D eigenvalue weighted by molar-refractivity contribution is -0.126. The average molecular weight is 381 g/mol. The number of carbonyl (C=O) groups excluding carboxylic acids is 2. The van der Waals surface area contributed by atoms with Crippen molar-refractivity contribution in [1.82, 2.24) is 15.3 Å². The van der Waals surface area contributed by atoms with E-state index >= 15 is 0 Å². The number of nitrogens with zero attached hydrogens (tertiary/aromatic N) is 3. The second kappa shape index (κ2) is 6.96. The van der Waals surface area contributed by atoms with E-state index in [4.69, 9.17) is 5.73 Å². The molecular formula is C19H19N5O2S. The molecule has 1 atom stereocenters. The van der Waals surface area contributed by atoms with Crippen molar-refractivity contribution in [2.75, 3.05) is 17.2 Å². The van der Waals surface area contributed by atoms with Crippen LogP contribution in [0.4, 0.5) is 10.9 Å². The van der Waals surface area contributed by atoms with Gasteiger partial charge in [-0.1, -0.05) is 23.5 Å². The molecule has 1 saturated heterocycles. The minimum atomic E-state index is -0.399. The molecule has 138 valence electrons. The van der Waals surface area contributed by atoms with Crippen LogP contribution in [0.15, 0.2) is 36.5 Å². The van der Waals surface area contributed by atoms with Gasteiger partial charge in [-0.15, -0.1) is 0 Å². The third-order valence-corrected chi connectivity index (χ3v) is 5.68. The Bertz CT molecular complexity index is 1030. The predicted octanol–water partition coefficient (Wildman–Crippen LogP) is 2.25. The highest BCUT2D eigenvalue weighted by Gasteiger charge is 2.36. The molecule has 1 fully saturated rings. The van der Waals surface area contributed by atoms with E-state index in [1.807, 2.05) is 25.1 Å². The predicted molar refractivity (Wildman–Crippen MR) is 105 cm³/mol. The van der Waals surface area contributed by atoms with Crippen molar-refractivity contribution >= 4 is 44.3 Å². The molecule has 2 aromatic heterocycles. The van der Waals surface area contributed by atoms with Crippen LogP contribution < -0.4 is 16.0 Å². The van der Waals surface area contributed by atoms with Crippen molar-refractivity contribution in [1.29, 1.82) is 0 Å². The molecule has 0 bridgehead atoms. The number of hydrogen-bond donors (Lipinski definition) is 2. The molecular weight excluding hydrogens is 362 g/mol. The van der Waals surface area contributed by atoms with Crippen LogP contribution in [0.2, 0.25) is 0 Å². The fourth-order valence-electron chi connectivity index (χ4n) is 3.13. The molecule has 3 heterocycles. The number of rotatable bonds is 4. The third-order valence-electron chi connectivity index (χ3n) is 4.64. The Hall–Kier alpha value is -3.00. The number of fused-ring (bicyclic) bond motifs is 1. The van der Waals surface area contributed by atoms with E-state index in [0.717, 1.165) is 21.3 Å². The van der Waals surface area contributed by atoms with Crippen molar-refractivity contribution in [2.45, 2.75) is 19.9 Å². The van der Waals surface area contributed by atoms with E-state index in [-0.39, 0.29) is 18.2 Å². The Labute approximate surface area is 160 Å². The van der Waals surface area contributed by atoms with Crippen molar-refractivity contribution in [3.05, 3.63) is 47.7 Å². The molecule has 1 aromatic carbocycles. The molecule has 0 aliphatic carbocycles. The quantitative estimate of drug-likeness (QED) is 0.722. The van der Waals surface area contributed by atoms with Crippen molar-refractivity contribution < 1.29 is 9.59 Å². The monoisotopic (exact) mass is 381 g/mol. The van der Waals surface area contributed by atoms with Crippen LogP contribution in [-0.2, 0) is 16.1 Å². The van der Waals surface area contributed by atoms with Crippen LogP contribution in [-0.4, -0.2) is 28.3 Å². The Kier molecular flexibility index (Phi) is 4.49. The van der Waals surface area contributed by atoms with Gasteiger partial charge >= 0.3 is 0 Å². The van der Waals surface area contributed by atoms with E-state index in [9.17, 15) is 9.59 Å². The van der Waals surface area contributed by atoms with Gasteiger partial charge in [0.1, 0.15) is 5.82 Å². The summed E-state index contributed by atoms with van der Waals surface area (Å²) in [5.74, 6) is -0.242. The number of aryl methyl sites for hydroxylation is 1. The molecule has 3 aromatic rings. The van der Waals surface area contributed by atoms with Crippen LogP contribution in [0.1, 0.15) is 17.5 Å². The lowest BCUT2D eigenvalue weighted by Gasteiger charge is -2.13. The Morgan fingerprint density at radius 2 is 2.26 bits per heavy atom. The van der Waals surface area contributed by atoms with Gasteiger partial charge in [0.25, 0.3) is 0 Å². The number of nitrogens with one attached hydrogen (secondary N) is 1. The highest BCUT2D eigenvalue weighted by Crippen LogP contribution is 2.33. The summed E-state index contributed by atoms with van der Waals surface area (Å²) in [6.07, 6.45) is 1.79. The molecule has 0 radical (unpaired) electrons. The molecule has 0 spiro atoms. The lowest BCUT2D eigenvalue weighted by atomic mass is 10.1. The van der Waals surface area contributed by atoms with Crippen LogP contribution in [0.3, 0.4) is 0 Å². The molecule has 27 heavy (non-hydrogen) atoms. The molecule has 1 aliphatic rings. The fourth-order valence-corrected chi connectivity index (χ4v) is 4.22. The van der Waals surface area contributed by atoms with E-state index in [2.05, 4.69) is 21.4 Å². The second-order valence-corrected chi connectivity index (χ2v) is 7.65. The van der Waals surface area contributed by atoms with Gasteiger partial charge in [0.2, 0.25) is 11.8 Å². The summed E-state index contributed by atoms with van der Waals surface area (Å²) in [5, 5.41) is 3.50. The minimum Gasteiger partial charge on any atom is -0.383 e. The van der Waals surface area contributed by atoms with E-state index < -0.39 is 5.92 Å². The van der Waals surface area contributed by atoms with Crippen molar-refractivity contribution in [3.63, 3.8) is 0 Å². The van der Waals surface area contributed by atoms with E-state index in [0.29, 0.717) is 24.0 Å². The zero-order chi connectivity index (χ0) is 19.0. The normalized spacial score (nSPS) is 16.9. The minimum absolute atomic E-state index is 0.0770. The van der Waals surface area contributed by atoms with Gasteiger partial charge in [0.15, 0.2) is 5.13 Å². The van der Waals surface area contributed by atoms with Gasteiger partial charge in [0, 0.05) is 31.3 Å². The first-order valence-corrected chi connectivity index (χ1v) is 9.47. The first-order chi connectivity index (χ1) is 13.0. The van der Waals surface area contributed by atoms with Gasteiger partial charge in [0.05, 0.1) is 16.1 Å². The number of carbonyl (C=O) groups is 2. The summed E-state index contributed by atoms with van der Waals surface area (Å²) in [5.41, 5.74) is 8.57. The first kappa shape index (κ1) is 17.4. The van der Waals surface area contributed by atoms with Gasteiger partial charge in [-0.3, -0.25) is 14.5 Å². The highest BCUT2D eigenvalue weighted by atomic mass is 32.1. The number of thiazole rings is 1. The molecule has 1 unspecified atom stereocenters. The molecule has 1 aliphatic heterocycles.